The third-order valence-electron chi connectivity index (χ3n) is 5.62. The summed E-state index contributed by atoms with van der Waals surface area (Å²) in [4.78, 5) is 10.6. The Morgan fingerprint density at radius 2 is 1.97 bits per heavy atom. The molecule has 0 amide bonds. The zero-order chi connectivity index (χ0) is 20.5. The maximum atomic E-state index is 13.9. The molecular weight excluding hydrogens is 400 g/mol. The summed E-state index contributed by atoms with van der Waals surface area (Å²) < 4.78 is 27.8. The molecule has 0 bridgehead atoms. The van der Waals surface area contributed by atoms with Crippen molar-refractivity contribution in [3.63, 3.8) is 0 Å². The van der Waals surface area contributed by atoms with Crippen LogP contribution in [-0.2, 0) is 19.4 Å². The van der Waals surface area contributed by atoms with Crippen LogP contribution in [0.4, 0.5) is 14.5 Å². The highest BCUT2D eigenvalue weighted by Crippen LogP contribution is 2.39. The number of anilines is 1. The van der Waals surface area contributed by atoms with Gasteiger partial charge in [0.2, 0.25) is 0 Å². The van der Waals surface area contributed by atoms with Crippen molar-refractivity contribution >= 4 is 23.2 Å². The summed E-state index contributed by atoms with van der Waals surface area (Å²) in [5.74, 6) is -0.803. The van der Waals surface area contributed by atoms with Crippen molar-refractivity contribution in [1.82, 2.24) is 4.98 Å². The van der Waals surface area contributed by atoms with Crippen LogP contribution in [0.25, 0.3) is 11.3 Å². The Hall–Kier alpha value is -2.86. The number of aliphatic imine (C=N–C) groups is 1. The van der Waals surface area contributed by atoms with Gasteiger partial charge in [-0.25, -0.2) is 13.8 Å². The topological polar surface area (TPSA) is 37.3 Å². The van der Waals surface area contributed by atoms with E-state index in [1.54, 1.807) is 11.3 Å². The van der Waals surface area contributed by atoms with E-state index in [1.165, 1.54) is 28.6 Å². The lowest BCUT2D eigenvalue weighted by Crippen LogP contribution is -2.05. The highest BCUT2D eigenvalue weighted by Gasteiger charge is 2.23. The molecule has 2 aromatic carbocycles. The Morgan fingerprint density at radius 3 is 2.77 bits per heavy atom. The minimum absolute atomic E-state index is 0.0575. The third kappa shape index (κ3) is 3.67. The standard InChI is InChI=1S/C24H21F2N3S/c25-20-6-2-7-21(26)19(20)14-28-17-9-10-18-15(12-17)4-1-8-22-23(18)29-24(30-22)16-5-3-11-27-13-16/h2-3,6-7,9-13,16,28H,1,4-5,8,14H2. The highest BCUT2D eigenvalue weighted by atomic mass is 32.1. The second-order valence-corrected chi connectivity index (χ2v) is 8.74. The van der Waals surface area contributed by atoms with Gasteiger partial charge in [0.15, 0.2) is 0 Å². The van der Waals surface area contributed by atoms with Crippen LogP contribution < -0.4 is 5.32 Å². The molecule has 0 saturated carbocycles. The molecule has 0 spiro atoms. The van der Waals surface area contributed by atoms with Crippen molar-refractivity contribution in [1.29, 1.82) is 0 Å². The fourth-order valence-electron chi connectivity index (χ4n) is 4.03. The number of aryl methyl sites for hydroxylation is 2. The smallest absolute Gasteiger partial charge is 0.131 e. The number of thiazole rings is 1. The van der Waals surface area contributed by atoms with Crippen LogP contribution in [0.2, 0.25) is 0 Å². The van der Waals surface area contributed by atoms with E-state index in [4.69, 9.17) is 4.98 Å². The zero-order valence-corrected chi connectivity index (χ0v) is 17.2. The third-order valence-corrected chi connectivity index (χ3v) is 6.87. The molecule has 1 aliphatic carbocycles. The van der Waals surface area contributed by atoms with E-state index in [1.807, 2.05) is 18.5 Å². The van der Waals surface area contributed by atoms with Gasteiger partial charge < -0.3 is 5.32 Å². The molecule has 1 aromatic heterocycles. The van der Waals surface area contributed by atoms with Gasteiger partial charge in [-0.05, 0) is 55.5 Å². The van der Waals surface area contributed by atoms with Gasteiger partial charge in [0.1, 0.15) is 16.6 Å². The Labute approximate surface area is 178 Å². The van der Waals surface area contributed by atoms with Crippen molar-refractivity contribution in [2.24, 2.45) is 4.99 Å². The molecule has 0 saturated heterocycles. The van der Waals surface area contributed by atoms with Gasteiger partial charge in [0, 0.05) is 46.6 Å². The number of benzene rings is 2. The van der Waals surface area contributed by atoms with Crippen LogP contribution >= 0.6 is 11.3 Å². The van der Waals surface area contributed by atoms with Crippen LogP contribution in [0, 0.1) is 11.6 Å². The molecule has 5 rings (SSSR count). The summed E-state index contributed by atoms with van der Waals surface area (Å²) in [6.07, 6.45) is 9.89. The normalized spacial score (nSPS) is 17.3. The molecular formula is C24H21F2N3S. The number of hydrogen-bond donors (Lipinski definition) is 1. The maximum absolute atomic E-state index is 13.9. The van der Waals surface area contributed by atoms with Crippen LogP contribution in [-0.4, -0.2) is 11.2 Å². The van der Waals surface area contributed by atoms with Crippen molar-refractivity contribution in [2.45, 2.75) is 38.1 Å². The van der Waals surface area contributed by atoms with Crippen molar-refractivity contribution in [3.8, 4) is 11.3 Å². The Bertz CT molecular complexity index is 1130. The second-order valence-electron chi connectivity index (χ2n) is 7.63. The minimum atomic E-state index is -0.530. The lowest BCUT2D eigenvalue weighted by molar-refractivity contribution is 0.560. The Kier molecular flexibility index (Phi) is 5.17. The molecule has 30 heavy (non-hydrogen) atoms. The van der Waals surface area contributed by atoms with E-state index >= 15 is 0 Å². The lowest BCUT2D eigenvalue weighted by Gasteiger charge is -2.12. The molecule has 2 aliphatic rings. The quantitative estimate of drug-likeness (QED) is 0.540. The van der Waals surface area contributed by atoms with Crippen LogP contribution in [0.5, 0.6) is 0 Å². The summed E-state index contributed by atoms with van der Waals surface area (Å²) in [6, 6.07) is 10.1. The Morgan fingerprint density at radius 1 is 1.10 bits per heavy atom. The van der Waals surface area contributed by atoms with E-state index < -0.39 is 11.6 Å². The first-order valence-electron chi connectivity index (χ1n) is 10.2. The number of hydrogen-bond acceptors (Lipinski definition) is 4. The van der Waals surface area contributed by atoms with Gasteiger partial charge in [0.25, 0.3) is 0 Å². The largest absolute Gasteiger partial charge is 0.381 e. The zero-order valence-electron chi connectivity index (χ0n) is 16.4. The molecule has 1 N–H and O–H groups in total. The molecule has 1 atom stereocenters. The van der Waals surface area contributed by atoms with Crippen LogP contribution in [0.1, 0.15) is 39.8 Å². The van der Waals surface area contributed by atoms with Gasteiger partial charge in [-0.1, -0.05) is 18.2 Å². The predicted octanol–water partition coefficient (Wildman–Crippen LogP) is 6.26. The molecule has 6 heteroatoms. The minimum Gasteiger partial charge on any atom is -0.381 e. The first kappa shape index (κ1) is 19.1. The number of fused-ring (bicyclic) bond motifs is 3. The molecule has 1 unspecified atom stereocenters. The monoisotopic (exact) mass is 421 g/mol. The van der Waals surface area contributed by atoms with Gasteiger partial charge in [-0.15, -0.1) is 11.3 Å². The number of aromatic nitrogens is 1. The summed E-state index contributed by atoms with van der Waals surface area (Å²) in [6.45, 7) is 0.109. The van der Waals surface area contributed by atoms with E-state index in [0.717, 1.165) is 47.6 Å². The van der Waals surface area contributed by atoms with E-state index in [9.17, 15) is 8.78 Å². The fourth-order valence-corrected chi connectivity index (χ4v) is 5.22. The van der Waals surface area contributed by atoms with Crippen molar-refractivity contribution in [3.05, 3.63) is 81.3 Å². The van der Waals surface area contributed by atoms with Gasteiger partial charge in [-0.2, -0.15) is 0 Å². The molecule has 2 heterocycles. The first-order chi connectivity index (χ1) is 14.7. The van der Waals surface area contributed by atoms with E-state index in [0.29, 0.717) is 0 Å². The van der Waals surface area contributed by atoms with Crippen LogP contribution in [0.3, 0.4) is 0 Å². The van der Waals surface area contributed by atoms with Gasteiger partial charge >= 0.3 is 0 Å². The average molecular weight is 422 g/mol. The summed E-state index contributed by atoms with van der Waals surface area (Å²) in [7, 11) is 0. The molecule has 152 valence electrons. The molecule has 0 radical (unpaired) electrons. The molecule has 3 aromatic rings. The number of halogens is 2. The SMILES string of the molecule is Fc1cccc(F)c1CNc1ccc2c(c1)CCCc1sc(C3C=NC=CC3)nc1-2. The first-order valence-corrected chi connectivity index (χ1v) is 11.0. The number of rotatable bonds is 4. The summed E-state index contributed by atoms with van der Waals surface area (Å²) in [5, 5.41) is 4.29. The molecule has 1 aliphatic heterocycles. The predicted molar refractivity (Wildman–Crippen MR) is 118 cm³/mol. The molecule has 0 fully saturated rings. The number of nitrogens with zero attached hydrogens (tertiary/aromatic N) is 2. The number of nitrogens with one attached hydrogen (secondary N) is 1. The van der Waals surface area contributed by atoms with Gasteiger partial charge in [-0.3, -0.25) is 4.99 Å². The lowest BCUT2D eigenvalue weighted by atomic mass is 10.0. The van der Waals surface area contributed by atoms with Crippen molar-refractivity contribution in [2.75, 3.05) is 5.32 Å². The second kappa shape index (κ2) is 8.11. The summed E-state index contributed by atoms with van der Waals surface area (Å²) in [5.41, 5.74) is 4.39. The van der Waals surface area contributed by atoms with E-state index in [2.05, 4.69) is 28.5 Å². The Balaban J connectivity index is 1.41. The van der Waals surface area contributed by atoms with Crippen molar-refractivity contribution < 1.29 is 8.78 Å². The van der Waals surface area contributed by atoms with Gasteiger partial charge in [0.05, 0.1) is 5.69 Å². The van der Waals surface area contributed by atoms with E-state index in [-0.39, 0.29) is 18.0 Å². The summed E-state index contributed by atoms with van der Waals surface area (Å²) >= 11 is 1.80. The number of allylic oxidation sites excluding steroid dienone is 1. The average Bonchev–Trinajstić information content (AvgIpc) is 3.11. The highest BCUT2D eigenvalue weighted by molar-refractivity contribution is 7.12. The van der Waals surface area contributed by atoms with Crippen LogP contribution in [0.15, 0.2) is 53.7 Å². The fraction of sp³-hybridized carbons (Fsp3) is 0.250. The maximum Gasteiger partial charge on any atom is 0.131 e. The molecule has 3 nitrogen and oxygen atoms in total.